The fourth-order valence-electron chi connectivity index (χ4n) is 4.40. The number of nitrogens with zero attached hydrogens (tertiary/aromatic N) is 3. The van der Waals surface area contributed by atoms with Crippen LogP contribution in [0.2, 0.25) is 0 Å². The Balaban J connectivity index is 1.43. The van der Waals surface area contributed by atoms with Crippen molar-refractivity contribution in [3.63, 3.8) is 0 Å². The van der Waals surface area contributed by atoms with Gasteiger partial charge in [0.2, 0.25) is 15.9 Å². The molecule has 2 N–H and O–H groups in total. The minimum Gasteiger partial charge on any atom is -0.308 e. The van der Waals surface area contributed by atoms with Crippen molar-refractivity contribution in [1.29, 1.82) is 0 Å². The van der Waals surface area contributed by atoms with Gasteiger partial charge in [-0.3, -0.25) is 9.36 Å². The van der Waals surface area contributed by atoms with Gasteiger partial charge in [0.15, 0.2) is 5.16 Å². The molecular formula is C25H24N4O3S2. The van der Waals surface area contributed by atoms with E-state index < -0.39 is 10.0 Å². The monoisotopic (exact) mass is 492 g/mol. The van der Waals surface area contributed by atoms with Crippen LogP contribution < -0.4 is 10.0 Å². The molecule has 7 nitrogen and oxygen atoms in total. The lowest BCUT2D eigenvalue weighted by Gasteiger charge is -2.22. The summed E-state index contributed by atoms with van der Waals surface area (Å²) in [6.07, 6.45) is 0.580. The maximum Gasteiger partial charge on any atom is 0.238 e. The molecule has 34 heavy (non-hydrogen) atoms. The molecule has 5 rings (SSSR count). The summed E-state index contributed by atoms with van der Waals surface area (Å²) >= 11 is 1.40. The minimum absolute atomic E-state index is 0.0536. The van der Waals surface area contributed by atoms with Gasteiger partial charge in [-0.15, -0.1) is 0 Å². The molecule has 174 valence electrons. The molecule has 0 aliphatic carbocycles. The first-order chi connectivity index (χ1) is 16.2. The van der Waals surface area contributed by atoms with Crippen LogP contribution >= 0.6 is 11.8 Å². The second-order valence-electron chi connectivity index (χ2n) is 8.50. The van der Waals surface area contributed by atoms with Crippen molar-refractivity contribution in [2.45, 2.75) is 36.4 Å². The van der Waals surface area contributed by atoms with Crippen molar-refractivity contribution in [3.8, 4) is 5.69 Å². The second-order valence-corrected chi connectivity index (χ2v) is 11.0. The third-order valence-electron chi connectivity index (χ3n) is 6.01. The number of para-hydroxylation sites is 2. The molecule has 4 aromatic rings. The summed E-state index contributed by atoms with van der Waals surface area (Å²) in [5, 5.41) is 6.02. The van der Waals surface area contributed by atoms with E-state index in [2.05, 4.69) is 28.8 Å². The Hall–Kier alpha value is -3.14. The van der Waals surface area contributed by atoms with Crippen molar-refractivity contribution in [2.75, 3.05) is 10.7 Å². The summed E-state index contributed by atoms with van der Waals surface area (Å²) in [5.41, 5.74) is 5.56. The molecule has 0 radical (unpaired) electrons. The minimum atomic E-state index is -3.79. The van der Waals surface area contributed by atoms with Crippen molar-refractivity contribution in [3.05, 3.63) is 77.9 Å². The van der Waals surface area contributed by atoms with E-state index in [0.717, 1.165) is 33.1 Å². The van der Waals surface area contributed by atoms with Gasteiger partial charge in [-0.25, -0.2) is 18.5 Å². The summed E-state index contributed by atoms with van der Waals surface area (Å²) < 4.78 is 25.5. The summed E-state index contributed by atoms with van der Waals surface area (Å²) in [6.45, 7) is 4.01. The van der Waals surface area contributed by atoms with Gasteiger partial charge in [0, 0.05) is 17.4 Å². The number of imidazole rings is 1. The SMILES string of the molecule is Cc1ccc(-n2c(SCC(=O)N3c4ccc(S(N)(=O)=O)cc4C[C@H]3C)nc3ccccc32)cc1. The number of thioether (sulfide) groups is 1. The van der Waals surface area contributed by atoms with Gasteiger partial charge in [0.05, 0.1) is 21.7 Å². The second kappa shape index (κ2) is 8.57. The smallest absolute Gasteiger partial charge is 0.238 e. The molecule has 0 unspecified atom stereocenters. The van der Waals surface area contributed by atoms with Crippen molar-refractivity contribution >= 4 is 44.4 Å². The molecule has 1 atom stereocenters. The number of hydrogen-bond acceptors (Lipinski definition) is 5. The van der Waals surface area contributed by atoms with Crippen LogP contribution in [-0.2, 0) is 21.2 Å². The van der Waals surface area contributed by atoms with Crippen molar-refractivity contribution < 1.29 is 13.2 Å². The van der Waals surface area contributed by atoms with Crippen LogP contribution in [0.5, 0.6) is 0 Å². The van der Waals surface area contributed by atoms with Crippen molar-refractivity contribution in [2.24, 2.45) is 5.14 Å². The fraction of sp³-hybridized carbons (Fsp3) is 0.200. The van der Waals surface area contributed by atoms with E-state index in [1.807, 2.05) is 38.1 Å². The molecule has 1 amide bonds. The lowest BCUT2D eigenvalue weighted by atomic mass is 10.1. The molecular weight excluding hydrogens is 468 g/mol. The normalized spacial score (nSPS) is 15.6. The maximum atomic E-state index is 13.3. The van der Waals surface area contributed by atoms with Crippen LogP contribution in [0.1, 0.15) is 18.1 Å². The zero-order valence-electron chi connectivity index (χ0n) is 18.8. The molecule has 3 aromatic carbocycles. The van der Waals surface area contributed by atoms with Crippen LogP contribution in [0, 0.1) is 6.92 Å². The predicted octanol–water partition coefficient (Wildman–Crippen LogP) is 4.05. The quantitative estimate of drug-likeness (QED) is 0.424. The third-order valence-corrected chi connectivity index (χ3v) is 7.85. The number of sulfonamides is 1. The molecule has 0 bridgehead atoms. The van der Waals surface area contributed by atoms with Crippen molar-refractivity contribution in [1.82, 2.24) is 9.55 Å². The topological polar surface area (TPSA) is 98.3 Å². The Morgan fingerprint density at radius 1 is 1.12 bits per heavy atom. The Morgan fingerprint density at radius 3 is 2.59 bits per heavy atom. The number of carbonyl (C=O) groups excluding carboxylic acids is 1. The largest absolute Gasteiger partial charge is 0.308 e. The van der Waals surface area contributed by atoms with Gasteiger partial charge in [-0.1, -0.05) is 41.6 Å². The summed E-state index contributed by atoms with van der Waals surface area (Å²) in [4.78, 5) is 19.9. The number of benzene rings is 3. The van der Waals surface area contributed by atoms with E-state index in [1.165, 1.54) is 23.4 Å². The van der Waals surface area contributed by atoms with Gasteiger partial charge < -0.3 is 4.90 Å². The summed E-state index contributed by atoms with van der Waals surface area (Å²) in [5.74, 6) is 0.151. The van der Waals surface area contributed by atoms with Gasteiger partial charge in [-0.05, 0) is 68.3 Å². The number of carbonyl (C=O) groups is 1. The Bertz CT molecular complexity index is 1510. The molecule has 0 spiro atoms. The number of anilines is 1. The summed E-state index contributed by atoms with van der Waals surface area (Å²) in [7, 11) is -3.79. The van der Waals surface area contributed by atoms with Gasteiger partial charge in [-0.2, -0.15) is 0 Å². The molecule has 2 heterocycles. The van der Waals surface area contributed by atoms with Gasteiger partial charge >= 0.3 is 0 Å². The highest BCUT2D eigenvalue weighted by Gasteiger charge is 2.32. The van der Waals surface area contributed by atoms with E-state index in [1.54, 1.807) is 17.0 Å². The Labute approximate surface area is 202 Å². The maximum absolute atomic E-state index is 13.3. The van der Waals surface area contributed by atoms with E-state index in [0.29, 0.717) is 6.42 Å². The first-order valence-electron chi connectivity index (χ1n) is 10.9. The summed E-state index contributed by atoms with van der Waals surface area (Å²) in [6, 6.07) is 20.8. The Morgan fingerprint density at radius 2 is 1.85 bits per heavy atom. The fourth-order valence-corrected chi connectivity index (χ4v) is 5.86. The van der Waals surface area contributed by atoms with E-state index in [4.69, 9.17) is 10.1 Å². The molecule has 0 fully saturated rings. The van der Waals surface area contributed by atoms with Crippen LogP contribution in [0.15, 0.2) is 76.8 Å². The van der Waals surface area contributed by atoms with Crippen LogP contribution in [0.25, 0.3) is 16.7 Å². The lowest BCUT2D eigenvalue weighted by Crippen LogP contribution is -2.37. The molecule has 1 aromatic heterocycles. The van der Waals surface area contributed by atoms with Gasteiger partial charge in [0.1, 0.15) is 0 Å². The molecule has 0 saturated carbocycles. The highest BCUT2D eigenvalue weighted by atomic mass is 32.2. The number of primary sulfonamides is 1. The number of nitrogens with two attached hydrogens (primary N) is 1. The lowest BCUT2D eigenvalue weighted by molar-refractivity contribution is -0.116. The van der Waals surface area contributed by atoms with Gasteiger partial charge in [0.25, 0.3) is 0 Å². The third kappa shape index (κ3) is 4.11. The zero-order chi connectivity index (χ0) is 24.0. The van der Waals surface area contributed by atoms with Crippen LogP contribution in [-0.4, -0.2) is 35.7 Å². The average molecular weight is 493 g/mol. The van der Waals surface area contributed by atoms with Crippen LogP contribution in [0.3, 0.4) is 0 Å². The van der Waals surface area contributed by atoms with E-state index in [9.17, 15) is 13.2 Å². The zero-order valence-corrected chi connectivity index (χ0v) is 20.4. The molecule has 1 aliphatic rings. The van der Waals surface area contributed by atoms with E-state index in [-0.39, 0.29) is 22.6 Å². The standard InChI is InChI=1S/C25H24N4O3S2/c1-16-7-9-19(10-8-16)29-23-6-4-3-5-21(23)27-25(29)33-15-24(30)28-17(2)13-18-14-20(34(26,31)32)11-12-22(18)28/h3-12,14,17H,13,15H2,1-2H3,(H2,26,31,32)/t17-/m1/s1. The Kier molecular flexibility index (Phi) is 5.71. The first kappa shape index (κ1) is 22.6. The molecule has 0 saturated heterocycles. The number of amides is 1. The number of fused-ring (bicyclic) bond motifs is 2. The molecule has 9 heteroatoms. The van der Waals surface area contributed by atoms with E-state index >= 15 is 0 Å². The number of hydrogen-bond donors (Lipinski definition) is 1. The average Bonchev–Trinajstić information content (AvgIpc) is 3.33. The molecule has 1 aliphatic heterocycles. The number of rotatable bonds is 5. The highest BCUT2D eigenvalue weighted by Crippen LogP contribution is 2.35. The number of aromatic nitrogens is 2. The number of aryl methyl sites for hydroxylation is 1. The predicted molar refractivity (Wildman–Crippen MR) is 135 cm³/mol. The van der Waals surface area contributed by atoms with Crippen LogP contribution in [0.4, 0.5) is 5.69 Å². The highest BCUT2D eigenvalue weighted by molar-refractivity contribution is 7.99. The first-order valence-corrected chi connectivity index (χ1v) is 13.4.